The molecule has 1 amide bonds. The van der Waals surface area contributed by atoms with Crippen molar-refractivity contribution >= 4 is 28.4 Å². The molecule has 2 aromatic rings. The molecule has 2 N–H and O–H groups in total. The van der Waals surface area contributed by atoms with Crippen molar-refractivity contribution < 1.29 is 4.79 Å². The van der Waals surface area contributed by atoms with Crippen molar-refractivity contribution in [3.05, 3.63) is 23.4 Å². The molecule has 0 unspecified atom stereocenters. The Balaban J connectivity index is 2.18. The highest BCUT2D eigenvalue weighted by Gasteiger charge is 2.11. The number of rotatable bonds is 6. The van der Waals surface area contributed by atoms with Gasteiger partial charge in [0.25, 0.3) is 5.91 Å². The average Bonchev–Trinajstić information content (AvgIpc) is 2.97. The number of nitrogens with zero attached hydrogens (tertiary/aromatic N) is 4. The van der Waals surface area contributed by atoms with Gasteiger partial charge < -0.3 is 5.32 Å². The zero-order valence-corrected chi connectivity index (χ0v) is 12.2. The molecule has 0 atom stereocenters. The zero-order chi connectivity index (χ0) is 14.4. The number of aromatic nitrogens is 4. The quantitative estimate of drug-likeness (QED) is 0.845. The number of aryl methyl sites for hydroxylation is 1. The second-order valence-corrected chi connectivity index (χ2v) is 4.87. The predicted octanol–water partition coefficient (Wildman–Crippen LogP) is 1.96. The molecule has 0 aromatic carbocycles. The Hall–Kier alpha value is -2.09. The number of carbonyl (C=O) groups excluding carboxylic acids is 1. The molecule has 0 saturated heterocycles. The van der Waals surface area contributed by atoms with E-state index >= 15 is 0 Å². The van der Waals surface area contributed by atoms with Gasteiger partial charge >= 0.3 is 0 Å². The lowest BCUT2D eigenvalue weighted by atomic mass is 10.2. The number of hydrogen-bond donors (Lipinski definition) is 2. The maximum atomic E-state index is 12.2. The van der Waals surface area contributed by atoms with Crippen LogP contribution < -0.4 is 10.6 Å². The van der Waals surface area contributed by atoms with Gasteiger partial charge in [0, 0.05) is 29.3 Å². The summed E-state index contributed by atoms with van der Waals surface area (Å²) in [5.41, 5.74) is 1.41. The molecular formula is C12H16N6OS. The molecule has 0 aliphatic rings. The molecule has 2 heterocycles. The molecule has 20 heavy (non-hydrogen) atoms. The van der Waals surface area contributed by atoms with Gasteiger partial charge in [0.2, 0.25) is 5.13 Å². The minimum atomic E-state index is -0.236. The molecule has 0 spiro atoms. The van der Waals surface area contributed by atoms with Crippen LogP contribution in [0.15, 0.2) is 12.1 Å². The van der Waals surface area contributed by atoms with Crippen LogP contribution in [0.5, 0.6) is 0 Å². The lowest BCUT2D eigenvalue weighted by Crippen LogP contribution is -2.14. The fourth-order valence-corrected chi connectivity index (χ4v) is 1.96. The summed E-state index contributed by atoms with van der Waals surface area (Å²) in [4.78, 5) is 16.6. The molecule has 0 saturated carbocycles. The Bertz CT molecular complexity index is 571. The molecule has 7 nitrogen and oxygen atoms in total. The third-order valence-electron chi connectivity index (χ3n) is 2.58. The molecule has 0 fully saturated rings. The molecule has 2 aromatic heterocycles. The van der Waals surface area contributed by atoms with Crippen molar-refractivity contribution in [2.24, 2.45) is 0 Å². The van der Waals surface area contributed by atoms with Crippen LogP contribution in [-0.2, 0) is 6.42 Å². The maximum Gasteiger partial charge on any atom is 0.257 e. The maximum absolute atomic E-state index is 12.2. The smallest absolute Gasteiger partial charge is 0.257 e. The van der Waals surface area contributed by atoms with Crippen LogP contribution in [0.3, 0.4) is 0 Å². The van der Waals surface area contributed by atoms with Crippen LogP contribution in [0, 0.1) is 0 Å². The summed E-state index contributed by atoms with van der Waals surface area (Å²) >= 11 is 1.04. The first-order valence-electron chi connectivity index (χ1n) is 6.44. The number of nitrogens with one attached hydrogen (secondary N) is 2. The van der Waals surface area contributed by atoms with E-state index in [1.807, 2.05) is 6.92 Å². The van der Waals surface area contributed by atoms with E-state index in [0.717, 1.165) is 36.6 Å². The Morgan fingerprint density at radius 3 is 2.85 bits per heavy atom. The van der Waals surface area contributed by atoms with E-state index in [1.54, 1.807) is 12.1 Å². The molecular weight excluding hydrogens is 276 g/mol. The molecule has 106 valence electrons. The first-order chi connectivity index (χ1) is 9.72. The Morgan fingerprint density at radius 1 is 1.35 bits per heavy atom. The van der Waals surface area contributed by atoms with Gasteiger partial charge in [-0.2, -0.15) is 0 Å². The number of carbonyl (C=O) groups is 1. The minimum Gasteiger partial charge on any atom is -0.370 e. The molecule has 0 aliphatic heterocycles. The van der Waals surface area contributed by atoms with Crippen molar-refractivity contribution in [3.63, 3.8) is 0 Å². The largest absolute Gasteiger partial charge is 0.370 e. The van der Waals surface area contributed by atoms with Crippen LogP contribution in [0.4, 0.5) is 10.9 Å². The summed E-state index contributed by atoms with van der Waals surface area (Å²) in [5.74, 6) is 0.479. The van der Waals surface area contributed by atoms with Crippen LogP contribution >= 0.6 is 11.5 Å². The summed E-state index contributed by atoms with van der Waals surface area (Å²) < 4.78 is 3.60. The highest BCUT2D eigenvalue weighted by Crippen LogP contribution is 2.14. The van der Waals surface area contributed by atoms with Gasteiger partial charge in [-0.1, -0.05) is 23.4 Å². The normalized spacial score (nSPS) is 10.3. The lowest BCUT2D eigenvalue weighted by Gasteiger charge is -2.09. The molecule has 0 aliphatic carbocycles. The van der Waals surface area contributed by atoms with E-state index in [-0.39, 0.29) is 5.91 Å². The summed E-state index contributed by atoms with van der Waals surface area (Å²) in [6.07, 6.45) is 1.76. The van der Waals surface area contributed by atoms with Crippen LogP contribution in [-0.4, -0.2) is 32.2 Å². The van der Waals surface area contributed by atoms with E-state index in [9.17, 15) is 4.79 Å². The first kappa shape index (κ1) is 14.3. The van der Waals surface area contributed by atoms with Gasteiger partial charge in [-0.15, -0.1) is 0 Å². The highest BCUT2D eigenvalue weighted by atomic mass is 32.1. The summed E-state index contributed by atoms with van der Waals surface area (Å²) in [6.45, 7) is 4.90. The second kappa shape index (κ2) is 6.90. The van der Waals surface area contributed by atoms with Gasteiger partial charge in [0.05, 0.1) is 0 Å². The third kappa shape index (κ3) is 3.70. The standard InChI is InChI=1S/C12H16N6OS/c1-3-5-13-10-7-8(6-9(4-2)14-10)11(19)15-12-16-17-18-20-12/h6-7H,3-5H2,1-2H3,(H,13,14)(H,15,16,18,19). The Morgan fingerprint density at radius 2 is 2.20 bits per heavy atom. The van der Waals surface area contributed by atoms with E-state index in [2.05, 4.69) is 37.3 Å². The highest BCUT2D eigenvalue weighted by molar-refractivity contribution is 7.09. The van der Waals surface area contributed by atoms with Crippen LogP contribution in [0.2, 0.25) is 0 Å². The monoisotopic (exact) mass is 292 g/mol. The zero-order valence-electron chi connectivity index (χ0n) is 11.4. The fraction of sp³-hybridized carbons (Fsp3) is 0.417. The van der Waals surface area contributed by atoms with Gasteiger partial charge in [-0.25, -0.2) is 4.98 Å². The van der Waals surface area contributed by atoms with Gasteiger partial charge in [-0.05, 0) is 30.2 Å². The minimum absolute atomic E-state index is 0.236. The van der Waals surface area contributed by atoms with E-state index in [4.69, 9.17) is 0 Å². The van der Waals surface area contributed by atoms with Crippen molar-refractivity contribution in [1.29, 1.82) is 0 Å². The van der Waals surface area contributed by atoms with Gasteiger partial charge in [-0.3, -0.25) is 10.1 Å². The topological polar surface area (TPSA) is 92.7 Å². The molecule has 0 radical (unpaired) electrons. The SMILES string of the molecule is CCCNc1cc(C(=O)Nc2nnns2)cc(CC)n1. The van der Waals surface area contributed by atoms with Gasteiger partial charge in [0.1, 0.15) is 5.82 Å². The van der Waals surface area contributed by atoms with E-state index in [1.165, 1.54) is 0 Å². The van der Waals surface area contributed by atoms with Crippen LogP contribution in [0.25, 0.3) is 0 Å². The van der Waals surface area contributed by atoms with E-state index in [0.29, 0.717) is 16.5 Å². The number of hydrogen-bond acceptors (Lipinski definition) is 7. The Kier molecular flexibility index (Phi) is 4.94. The predicted molar refractivity (Wildman–Crippen MR) is 78.1 cm³/mol. The lowest BCUT2D eigenvalue weighted by molar-refractivity contribution is 0.102. The molecule has 8 heteroatoms. The van der Waals surface area contributed by atoms with E-state index < -0.39 is 0 Å². The number of pyridine rings is 1. The summed E-state index contributed by atoms with van der Waals surface area (Å²) in [5, 5.41) is 13.4. The molecule has 2 rings (SSSR count). The van der Waals surface area contributed by atoms with Crippen molar-refractivity contribution in [2.75, 3.05) is 17.2 Å². The van der Waals surface area contributed by atoms with Crippen LogP contribution in [0.1, 0.15) is 36.3 Å². The summed E-state index contributed by atoms with van der Waals surface area (Å²) in [6, 6.07) is 3.51. The van der Waals surface area contributed by atoms with Gasteiger partial charge in [0.15, 0.2) is 0 Å². The first-order valence-corrected chi connectivity index (χ1v) is 7.21. The second-order valence-electron chi connectivity index (χ2n) is 4.13. The average molecular weight is 292 g/mol. The summed E-state index contributed by atoms with van der Waals surface area (Å²) in [7, 11) is 0. The van der Waals surface area contributed by atoms with Crippen molar-refractivity contribution in [1.82, 2.24) is 19.8 Å². The Labute approximate surface area is 121 Å². The number of amides is 1. The fourth-order valence-electron chi connectivity index (χ4n) is 1.59. The van der Waals surface area contributed by atoms with Crippen molar-refractivity contribution in [2.45, 2.75) is 26.7 Å². The number of anilines is 2. The third-order valence-corrected chi connectivity index (χ3v) is 3.09. The van der Waals surface area contributed by atoms with Crippen molar-refractivity contribution in [3.8, 4) is 0 Å². The molecule has 0 bridgehead atoms.